The third-order valence-corrected chi connectivity index (χ3v) is 3.36. The van der Waals surface area contributed by atoms with E-state index in [4.69, 9.17) is 4.74 Å². The quantitative estimate of drug-likeness (QED) is 0.403. The summed E-state index contributed by atoms with van der Waals surface area (Å²) in [6.45, 7) is 13.2. The molecule has 0 aromatic heterocycles. The maximum absolute atomic E-state index is 11.3. The average molecular weight is 246 g/mol. The minimum Gasteiger partial charge on any atom is -0.454 e. The topological polar surface area (TPSA) is 26.3 Å². The first-order valence-corrected chi connectivity index (χ1v) is 6.36. The maximum atomic E-state index is 11.3. The van der Waals surface area contributed by atoms with Crippen LogP contribution < -0.4 is 0 Å². The van der Waals surface area contributed by atoms with Crippen LogP contribution in [0.1, 0.15) is 32.6 Å². The van der Waals surface area contributed by atoms with Gasteiger partial charge in [-0.05, 0) is 37.7 Å². The summed E-state index contributed by atoms with van der Waals surface area (Å²) in [5.41, 5.74) is 2.43. The molecule has 0 aromatic carbocycles. The molecular formula is C16H22O2. The summed E-state index contributed by atoms with van der Waals surface area (Å²) in [6, 6.07) is 0. The van der Waals surface area contributed by atoms with Crippen LogP contribution in [0.25, 0.3) is 0 Å². The van der Waals surface area contributed by atoms with E-state index in [1.807, 2.05) is 0 Å². The molecule has 0 saturated heterocycles. The van der Waals surface area contributed by atoms with Crippen molar-refractivity contribution < 1.29 is 9.53 Å². The Morgan fingerprint density at radius 1 is 1.61 bits per heavy atom. The highest BCUT2D eigenvalue weighted by atomic mass is 16.5. The van der Waals surface area contributed by atoms with Gasteiger partial charge >= 0.3 is 5.97 Å². The minimum absolute atomic E-state index is 0.181. The van der Waals surface area contributed by atoms with Gasteiger partial charge in [-0.3, -0.25) is 0 Å². The molecular weight excluding hydrogens is 224 g/mol. The van der Waals surface area contributed by atoms with Crippen molar-refractivity contribution in [2.45, 2.75) is 38.7 Å². The van der Waals surface area contributed by atoms with E-state index in [0.717, 1.165) is 19.3 Å². The van der Waals surface area contributed by atoms with Gasteiger partial charge in [0.1, 0.15) is 6.10 Å². The lowest BCUT2D eigenvalue weighted by molar-refractivity contribution is -0.141. The van der Waals surface area contributed by atoms with Gasteiger partial charge in [-0.25, -0.2) is 4.79 Å². The smallest absolute Gasteiger partial charge is 0.330 e. The zero-order chi connectivity index (χ0) is 13.5. The van der Waals surface area contributed by atoms with Gasteiger partial charge in [-0.1, -0.05) is 30.9 Å². The van der Waals surface area contributed by atoms with Gasteiger partial charge < -0.3 is 4.74 Å². The van der Waals surface area contributed by atoms with E-state index < -0.39 is 0 Å². The van der Waals surface area contributed by atoms with E-state index in [0.29, 0.717) is 12.3 Å². The van der Waals surface area contributed by atoms with Crippen LogP contribution in [0.15, 0.2) is 49.1 Å². The number of allylic oxidation sites excluding steroid dienone is 2. The van der Waals surface area contributed by atoms with Gasteiger partial charge in [0.25, 0.3) is 0 Å². The van der Waals surface area contributed by atoms with E-state index in [1.165, 1.54) is 17.2 Å². The molecule has 2 heteroatoms. The molecule has 0 saturated carbocycles. The number of carbonyl (C=O) groups excluding carboxylic acids is 1. The summed E-state index contributed by atoms with van der Waals surface area (Å²) in [6.07, 6.45) is 8.68. The Kier molecular flexibility index (Phi) is 5.63. The number of rotatable bonds is 6. The first kappa shape index (κ1) is 14.5. The number of carbonyl (C=O) groups is 1. The van der Waals surface area contributed by atoms with Crippen molar-refractivity contribution in [3.63, 3.8) is 0 Å². The molecule has 0 bridgehead atoms. The Balaban J connectivity index is 2.69. The first-order valence-electron chi connectivity index (χ1n) is 6.36. The van der Waals surface area contributed by atoms with Crippen LogP contribution in [-0.2, 0) is 9.53 Å². The van der Waals surface area contributed by atoms with Crippen molar-refractivity contribution >= 4 is 5.97 Å². The van der Waals surface area contributed by atoms with Crippen LogP contribution in [0.3, 0.4) is 0 Å². The largest absolute Gasteiger partial charge is 0.454 e. The molecule has 1 rings (SSSR count). The Hall–Kier alpha value is -1.57. The molecule has 18 heavy (non-hydrogen) atoms. The molecule has 0 heterocycles. The van der Waals surface area contributed by atoms with E-state index in [-0.39, 0.29) is 12.1 Å². The lowest BCUT2D eigenvalue weighted by Crippen LogP contribution is -2.21. The second-order valence-electron chi connectivity index (χ2n) is 4.75. The van der Waals surface area contributed by atoms with E-state index >= 15 is 0 Å². The summed E-state index contributed by atoms with van der Waals surface area (Å²) in [7, 11) is 0. The summed E-state index contributed by atoms with van der Waals surface area (Å²) in [5.74, 6) is 0.193. The van der Waals surface area contributed by atoms with Gasteiger partial charge in [0, 0.05) is 12.5 Å². The molecule has 0 radical (unpaired) electrons. The van der Waals surface area contributed by atoms with Crippen LogP contribution in [0.2, 0.25) is 0 Å². The van der Waals surface area contributed by atoms with Gasteiger partial charge in [0.15, 0.2) is 0 Å². The van der Waals surface area contributed by atoms with Crippen LogP contribution >= 0.6 is 0 Å². The number of hydrogen-bond acceptors (Lipinski definition) is 2. The van der Waals surface area contributed by atoms with Crippen molar-refractivity contribution in [2.24, 2.45) is 5.92 Å². The molecule has 0 N–H and O–H groups in total. The molecule has 0 aromatic rings. The second kappa shape index (κ2) is 7.00. The zero-order valence-corrected chi connectivity index (χ0v) is 11.2. The van der Waals surface area contributed by atoms with E-state index in [9.17, 15) is 4.79 Å². The van der Waals surface area contributed by atoms with Crippen molar-refractivity contribution in [3.8, 4) is 0 Å². The molecule has 0 spiro atoms. The van der Waals surface area contributed by atoms with Crippen molar-refractivity contribution in [1.82, 2.24) is 0 Å². The van der Waals surface area contributed by atoms with Crippen molar-refractivity contribution in [2.75, 3.05) is 0 Å². The molecule has 98 valence electrons. The monoisotopic (exact) mass is 246 g/mol. The fourth-order valence-electron chi connectivity index (χ4n) is 2.21. The molecule has 2 atom stereocenters. The van der Waals surface area contributed by atoms with Gasteiger partial charge in [-0.2, -0.15) is 0 Å². The summed E-state index contributed by atoms with van der Waals surface area (Å²) < 4.78 is 5.36. The Bertz CT molecular complexity index is 377. The first-order chi connectivity index (χ1) is 8.58. The van der Waals surface area contributed by atoms with Crippen LogP contribution in [-0.4, -0.2) is 12.1 Å². The molecule has 2 nitrogen and oxygen atoms in total. The van der Waals surface area contributed by atoms with Crippen LogP contribution in [0.5, 0.6) is 0 Å². The summed E-state index contributed by atoms with van der Waals surface area (Å²) in [5, 5.41) is 0. The molecule has 0 fully saturated rings. The maximum Gasteiger partial charge on any atom is 0.330 e. The van der Waals surface area contributed by atoms with E-state index in [1.54, 1.807) is 6.08 Å². The number of hydrogen-bond donors (Lipinski definition) is 0. The highest BCUT2D eigenvalue weighted by Crippen LogP contribution is 2.31. The third-order valence-electron chi connectivity index (χ3n) is 3.36. The Morgan fingerprint density at radius 2 is 2.33 bits per heavy atom. The minimum atomic E-state index is -0.371. The van der Waals surface area contributed by atoms with Crippen molar-refractivity contribution in [1.29, 1.82) is 0 Å². The lowest BCUT2D eigenvalue weighted by Gasteiger charge is -2.26. The molecule has 0 aliphatic heterocycles. The molecule has 0 amide bonds. The predicted octanol–water partition coefficient (Wildman–Crippen LogP) is 3.96. The van der Waals surface area contributed by atoms with Gasteiger partial charge in [-0.15, -0.1) is 6.58 Å². The van der Waals surface area contributed by atoms with Gasteiger partial charge in [0.2, 0.25) is 0 Å². The van der Waals surface area contributed by atoms with Crippen LogP contribution in [0, 0.1) is 5.92 Å². The SMILES string of the molecule is C=CCC(OC(=O)C=C)C1=CC[C@@H](C(=C)C)CC1. The average Bonchev–Trinajstić information content (AvgIpc) is 2.38. The molecule has 1 unspecified atom stereocenters. The van der Waals surface area contributed by atoms with Gasteiger partial charge in [0.05, 0.1) is 0 Å². The Morgan fingerprint density at radius 3 is 2.78 bits per heavy atom. The zero-order valence-electron chi connectivity index (χ0n) is 11.2. The third kappa shape index (κ3) is 4.02. The normalized spacial score (nSPS) is 20.5. The summed E-state index contributed by atoms with van der Waals surface area (Å²) in [4.78, 5) is 11.3. The second-order valence-corrected chi connectivity index (χ2v) is 4.75. The van der Waals surface area contributed by atoms with E-state index in [2.05, 4.69) is 32.7 Å². The van der Waals surface area contributed by atoms with Crippen molar-refractivity contribution in [3.05, 3.63) is 49.1 Å². The number of esters is 1. The molecule has 1 aliphatic rings. The standard InChI is InChI=1S/C16H22O2/c1-5-7-15(18-16(17)6-2)14-10-8-13(9-11-14)12(3)4/h5-6,10,13,15H,1-3,7-9,11H2,4H3/t13-,15?/m1/s1. The Labute approximate surface area is 110 Å². The van der Waals surface area contributed by atoms with Crippen LogP contribution in [0.4, 0.5) is 0 Å². The highest BCUT2D eigenvalue weighted by Gasteiger charge is 2.22. The summed E-state index contributed by atoms with van der Waals surface area (Å²) >= 11 is 0. The fraction of sp³-hybridized carbons (Fsp3) is 0.438. The predicted molar refractivity (Wildman–Crippen MR) is 75.1 cm³/mol. The lowest BCUT2D eigenvalue weighted by atomic mass is 9.83. The highest BCUT2D eigenvalue weighted by molar-refractivity contribution is 5.81. The fourth-order valence-corrected chi connectivity index (χ4v) is 2.21. The number of ether oxygens (including phenoxy) is 1. The molecule has 1 aliphatic carbocycles.